The molecule has 3 heterocycles. The number of carbonyl (C=O) groups is 3. The predicted molar refractivity (Wildman–Crippen MR) is 144 cm³/mol. The smallest absolute Gasteiger partial charge is 0.246 e. The fourth-order valence-electron chi connectivity index (χ4n) is 6.92. The van der Waals surface area contributed by atoms with Crippen LogP contribution in [0, 0.1) is 23.7 Å². The molecule has 1 aliphatic carbocycles. The van der Waals surface area contributed by atoms with E-state index in [1.165, 1.54) is 5.56 Å². The summed E-state index contributed by atoms with van der Waals surface area (Å²) in [7, 11) is 1.57. The highest BCUT2D eigenvalue weighted by atomic mass is 16.5. The summed E-state index contributed by atoms with van der Waals surface area (Å²) < 4.78 is 11.7. The molecule has 1 saturated carbocycles. The molecule has 3 amide bonds. The number of nitrogens with zero attached hydrogens (tertiary/aromatic N) is 1. The molecule has 1 spiro atoms. The van der Waals surface area contributed by atoms with Crippen molar-refractivity contribution >= 4 is 23.4 Å². The molecule has 0 aromatic heterocycles. The summed E-state index contributed by atoms with van der Waals surface area (Å²) in [5, 5.41) is 6.26. The second-order valence-corrected chi connectivity index (χ2v) is 11.9. The normalized spacial score (nSPS) is 35.6. The van der Waals surface area contributed by atoms with Gasteiger partial charge in [-0.05, 0) is 41.9 Å². The van der Waals surface area contributed by atoms with Gasteiger partial charge in [0.15, 0.2) is 0 Å². The fraction of sp³-hybridized carbons (Fsp3) is 0.633. The second kappa shape index (κ2) is 10.5. The second-order valence-electron chi connectivity index (χ2n) is 11.9. The Kier molecular flexibility index (Phi) is 7.40. The van der Waals surface area contributed by atoms with Crippen molar-refractivity contribution in [3.8, 4) is 0 Å². The van der Waals surface area contributed by atoms with Gasteiger partial charge in [0.2, 0.25) is 17.7 Å². The topological polar surface area (TPSA) is 97.0 Å². The van der Waals surface area contributed by atoms with Gasteiger partial charge in [-0.15, -0.1) is 0 Å². The molecule has 1 aromatic carbocycles. The number of fused-ring (bicyclic) bond motifs is 1. The lowest BCUT2D eigenvalue weighted by atomic mass is 9.73. The summed E-state index contributed by atoms with van der Waals surface area (Å²) in [4.78, 5) is 42.9. The van der Waals surface area contributed by atoms with Crippen molar-refractivity contribution in [3.63, 3.8) is 0 Å². The average Bonchev–Trinajstić information content (AvgIpc) is 3.53. The van der Waals surface area contributed by atoms with E-state index in [0.29, 0.717) is 30.0 Å². The lowest BCUT2D eigenvalue weighted by molar-refractivity contribution is -0.142. The summed E-state index contributed by atoms with van der Waals surface area (Å²) in [6, 6.07) is 6.98. The zero-order valence-corrected chi connectivity index (χ0v) is 23.1. The largest absolute Gasteiger partial charge is 0.383 e. The van der Waals surface area contributed by atoms with E-state index in [-0.39, 0.29) is 30.3 Å². The molecule has 2 saturated heterocycles. The first kappa shape index (κ1) is 26.9. The van der Waals surface area contributed by atoms with Crippen LogP contribution in [0.5, 0.6) is 0 Å². The van der Waals surface area contributed by atoms with Gasteiger partial charge in [-0.1, -0.05) is 64.8 Å². The maximum absolute atomic E-state index is 13.9. The molecule has 38 heavy (non-hydrogen) atoms. The number of carbonyl (C=O) groups excluding carboxylic acids is 3. The van der Waals surface area contributed by atoms with E-state index in [2.05, 4.69) is 38.3 Å². The molecule has 8 heteroatoms. The highest BCUT2D eigenvalue weighted by Gasteiger charge is 2.72. The standard InChI is InChI=1S/C30H41N3O5/c1-17(2)20-9-11-21(12-10-20)31-27(34)24-23-13-14-30(38-23)25(24)29(36)33(15-16-37-5)26(30)28(35)32-22-8-6-7-18(3)19(22)4/h9-14,17-19,22-26H,6-8,15-16H2,1-5H3,(H,31,34)(H,32,35)/t18-,19-,22+,23+,24+,25+,26-,30-/m0/s1. The number of amides is 3. The van der Waals surface area contributed by atoms with Gasteiger partial charge in [-0.2, -0.15) is 0 Å². The average molecular weight is 524 g/mol. The van der Waals surface area contributed by atoms with Crippen molar-refractivity contribution in [2.24, 2.45) is 23.7 Å². The number of hydrogen-bond donors (Lipinski definition) is 2. The molecule has 3 aliphatic heterocycles. The van der Waals surface area contributed by atoms with E-state index in [0.717, 1.165) is 19.3 Å². The van der Waals surface area contributed by atoms with E-state index >= 15 is 0 Å². The van der Waals surface area contributed by atoms with E-state index in [9.17, 15) is 14.4 Å². The van der Waals surface area contributed by atoms with Gasteiger partial charge in [0.05, 0.1) is 24.5 Å². The van der Waals surface area contributed by atoms with Crippen molar-refractivity contribution in [2.45, 2.75) is 76.7 Å². The summed E-state index contributed by atoms with van der Waals surface area (Å²) >= 11 is 0. The van der Waals surface area contributed by atoms with Gasteiger partial charge in [0.1, 0.15) is 11.6 Å². The molecule has 3 fully saturated rings. The summed E-state index contributed by atoms with van der Waals surface area (Å²) in [6.07, 6.45) is 6.30. The van der Waals surface area contributed by atoms with Crippen molar-refractivity contribution in [1.82, 2.24) is 10.2 Å². The van der Waals surface area contributed by atoms with Gasteiger partial charge >= 0.3 is 0 Å². The minimum absolute atomic E-state index is 0.0524. The highest BCUT2D eigenvalue weighted by molar-refractivity contribution is 6.02. The van der Waals surface area contributed by atoms with Gasteiger partial charge in [0.25, 0.3) is 0 Å². The summed E-state index contributed by atoms with van der Waals surface area (Å²) in [5.74, 6) is -0.914. The maximum Gasteiger partial charge on any atom is 0.246 e. The monoisotopic (exact) mass is 523 g/mol. The first-order valence-electron chi connectivity index (χ1n) is 14.1. The van der Waals surface area contributed by atoms with Crippen LogP contribution in [0.4, 0.5) is 5.69 Å². The summed E-state index contributed by atoms with van der Waals surface area (Å²) in [6.45, 7) is 9.20. The molecule has 0 unspecified atom stereocenters. The Balaban J connectivity index is 1.40. The number of benzene rings is 1. The Bertz CT molecular complexity index is 1100. The van der Waals surface area contributed by atoms with E-state index in [4.69, 9.17) is 9.47 Å². The van der Waals surface area contributed by atoms with E-state index < -0.39 is 29.6 Å². The molecule has 4 aliphatic rings. The lowest BCUT2D eigenvalue weighted by Crippen LogP contribution is -2.58. The van der Waals surface area contributed by atoms with Crippen molar-refractivity contribution in [3.05, 3.63) is 42.0 Å². The minimum atomic E-state index is -1.16. The fourth-order valence-corrected chi connectivity index (χ4v) is 6.92. The van der Waals surface area contributed by atoms with Crippen LogP contribution < -0.4 is 10.6 Å². The highest BCUT2D eigenvalue weighted by Crippen LogP contribution is 2.55. The number of ether oxygens (including phenoxy) is 2. The Labute approximate surface area is 225 Å². The Morgan fingerprint density at radius 1 is 1.16 bits per heavy atom. The Hall–Kier alpha value is -2.71. The zero-order valence-electron chi connectivity index (χ0n) is 23.1. The van der Waals surface area contributed by atoms with Gasteiger partial charge in [-0.3, -0.25) is 14.4 Å². The van der Waals surface area contributed by atoms with Crippen molar-refractivity contribution in [1.29, 1.82) is 0 Å². The molecule has 206 valence electrons. The number of nitrogens with one attached hydrogen (secondary N) is 2. The maximum atomic E-state index is 13.9. The van der Waals surface area contributed by atoms with Crippen LogP contribution in [0.2, 0.25) is 0 Å². The molecule has 8 atom stereocenters. The number of rotatable bonds is 8. The zero-order chi connectivity index (χ0) is 27.2. The lowest BCUT2D eigenvalue weighted by Gasteiger charge is -2.38. The molecule has 8 nitrogen and oxygen atoms in total. The van der Waals surface area contributed by atoms with Crippen molar-refractivity contribution < 1.29 is 23.9 Å². The molecule has 5 rings (SSSR count). The van der Waals surface area contributed by atoms with Crippen molar-refractivity contribution in [2.75, 3.05) is 25.6 Å². The van der Waals surface area contributed by atoms with Crippen LogP contribution >= 0.6 is 0 Å². The third-order valence-electron chi connectivity index (χ3n) is 9.34. The van der Waals surface area contributed by atoms with Gasteiger partial charge < -0.3 is 25.0 Å². The van der Waals surface area contributed by atoms with Crippen LogP contribution in [0.1, 0.15) is 58.4 Å². The van der Waals surface area contributed by atoms with Gasteiger partial charge in [-0.25, -0.2) is 0 Å². The number of hydrogen-bond acceptors (Lipinski definition) is 5. The number of anilines is 1. The molecule has 2 bridgehead atoms. The number of methoxy groups -OCH3 is 1. The molecule has 0 radical (unpaired) electrons. The molecule has 2 N–H and O–H groups in total. The first-order chi connectivity index (χ1) is 18.2. The third-order valence-corrected chi connectivity index (χ3v) is 9.34. The van der Waals surface area contributed by atoms with Crippen LogP contribution in [-0.4, -0.2) is 66.7 Å². The molecule has 1 aromatic rings. The molecular weight excluding hydrogens is 482 g/mol. The Morgan fingerprint density at radius 3 is 2.58 bits per heavy atom. The van der Waals surface area contributed by atoms with E-state index in [1.807, 2.05) is 36.4 Å². The number of likely N-dealkylation sites (tertiary alicyclic amines) is 1. The minimum Gasteiger partial charge on any atom is -0.383 e. The van der Waals surface area contributed by atoms with Crippen LogP contribution in [0.3, 0.4) is 0 Å². The SMILES string of the molecule is COCCN1C(=O)[C@H]2[C@H](C(=O)Nc3ccc(C(C)C)cc3)[C@H]3C=C[C@@]2(O3)[C@@H]1C(=O)N[C@@H]1CCC[C@H](C)[C@@H]1C. The third kappa shape index (κ3) is 4.45. The van der Waals surface area contributed by atoms with Crippen LogP contribution in [-0.2, 0) is 23.9 Å². The van der Waals surface area contributed by atoms with Crippen LogP contribution in [0.25, 0.3) is 0 Å². The summed E-state index contributed by atoms with van der Waals surface area (Å²) in [5.41, 5.74) is 0.701. The van der Waals surface area contributed by atoms with Crippen LogP contribution in [0.15, 0.2) is 36.4 Å². The first-order valence-corrected chi connectivity index (χ1v) is 14.1. The predicted octanol–water partition coefficient (Wildman–Crippen LogP) is 3.49. The Morgan fingerprint density at radius 2 is 1.89 bits per heavy atom. The quantitative estimate of drug-likeness (QED) is 0.509. The molecular formula is C30H41N3O5. The van der Waals surface area contributed by atoms with Gasteiger partial charge in [0, 0.05) is 25.4 Å². The van der Waals surface area contributed by atoms with E-state index in [1.54, 1.807) is 12.0 Å².